The number of anilines is 1. The maximum absolute atomic E-state index is 12.8. The van der Waals surface area contributed by atoms with Gasteiger partial charge in [0.25, 0.3) is 8.53 Å². The molecule has 2 aliphatic heterocycles. The van der Waals surface area contributed by atoms with E-state index in [-0.39, 0.29) is 95.5 Å². The van der Waals surface area contributed by atoms with Crippen molar-refractivity contribution in [1.82, 2.24) is 14.2 Å². The molecule has 7 rings (SSSR count). The van der Waals surface area contributed by atoms with E-state index in [0.29, 0.717) is 12.3 Å². The summed E-state index contributed by atoms with van der Waals surface area (Å²) in [6.07, 6.45) is 9.58. The van der Waals surface area contributed by atoms with Crippen molar-refractivity contribution in [1.29, 1.82) is 0 Å². The monoisotopic (exact) mass is 840 g/mol. The average Bonchev–Trinajstić information content (AvgIpc) is 3.90. The molecule has 1 aromatic heterocycles. The van der Waals surface area contributed by atoms with E-state index >= 15 is 0 Å². The summed E-state index contributed by atoms with van der Waals surface area (Å²) in [6, 6.07) is 22.5. The molecule has 0 radical (unpaired) electrons. The minimum atomic E-state index is -1.27. The van der Waals surface area contributed by atoms with Crippen LogP contribution < -0.4 is 11.0 Å². The van der Waals surface area contributed by atoms with Crippen molar-refractivity contribution >= 4 is 74.2 Å². The fraction of sp³-hybridized carbons (Fsp3) is 0.564. The van der Waals surface area contributed by atoms with Crippen molar-refractivity contribution in [3.8, 4) is 0 Å². The molecule has 8 atom stereocenters. The van der Waals surface area contributed by atoms with Gasteiger partial charge in [-0.2, -0.15) is 59.0 Å². The van der Waals surface area contributed by atoms with Crippen LogP contribution in [0.2, 0.25) is 0 Å². The molecular weight excluding hydrogens is 780 g/mol. The number of hydrogen-bond acceptors (Lipinski definition) is 8. The maximum atomic E-state index is 12.8. The van der Waals surface area contributed by atoms with Gasteiger partial charge in [0.05, 0.1) is 23.9 Å². The van der Waals surface area contributed by atoms with Gasteiger partial charge in [0, 0.05) is 18.5 Å². The predicted molar refractivity (Wildman–Crippen MR) is 237 cm³/mol. The van der Waals surface area contributed by atoms with Crippen LogP contribution in [0.5, 0.6) is 0 Å². The molecule has 2 aromatic carbocycles. The molecule has 2 saturated heterocycles. The number of nitrogens with zero attached hydrogens (tertiary/aromatic N) is 3. The zero-order valence-electron chi connectivity index (χ0n) is 32.0. The highest BCUT2D eigenvalue weighted by molar-refractivity contribution is 7.59. The van der Waals surface area contributed by atoms with E-state index in [1.54, 1.807) is 26.1 Å². The summed E-state index contributed by atoms with van der Waals surface area (Å²) in [5.74, 6) is 0.311. The Balaban J connectivity index is 0.000000476. The Morgan fingerprint density at radius 1 is 0.963 bits per heavy atom. The molecule has 2 N–H and O–H groups in total. The second kappa shape index (κ2) is 21.3. The summed E-state index contributed by atoms with van der Waals surface area (Å²) >= 11 is 0. The van der Waals surface area contributed by atoms with Crippen molar-refractivity contribution in [2.45, 2.75) is 121 Å². The number of fused-ring (bicyclic) bond motifs is 1. The number of rotatable bonds is 9. The van der Waals surface area contributed by atoms with Gasteiger partial charge in [-0.05, 0) is 75.1 Å². The Hall–Kier alpha value is -1.58. The summed E-state index contributed by atoms with van der Waals surface area (Å²) in [7, 11) is 0.827. The van der Waals surface area contributed by atoms with Crippen LogP contribution in [0.1, 0.15) is 103 Å². The topological polar surface area (TPSA) is 115 Å². The smallest absolute Gasteiger partial charge is 0.351 e. The fourth-order valence-electron chi connectivity index (χ4n) is 8.22. The Morgan fingerprint density at radius 2 is 1.59 bits per heavy atom. The molecule has 2 aliphatic carbocycles. The molecule has 0 bridgehead atoms. The van der Waals surface area contributed by atoms with E-state index < -0.39 is 26.0 Å². The van der Waals surface area contributed by atoms with Gasteiger partial charge in [-0.25, -0.2) is 9.46 Å². The Morgan fingerprint density at radius 3 is 2.19 bits per heavy atom. The number of aliphatic hydroxyl groups is 1. The molecule has 54 heavy (non-hydrogen) atoms. The zero-order valence-corrected chi connectivity index (χ0v) is 36.9. The molecule has 1 amide bonds. The minimum absolute atomic E-state index is 0. The van der Waals surface area contributed by atoms with Crippen LogP contribution in [-0.4, -0.2) is 50.5 Å². The first-order valence-electron chi connectivity index (χ1n) is 18.4. The van der Waals surface area contributed by atoms with Crippen molar-refractivity contribution in [2.24, 2.45) is 11.8 Å². The highest BCUT2D eigenvalue weighted by atomic mass is 32.1. The van der Waals surface area contributed by atoms with Gasteiger partial charge in [-0.15, -0.1) is 0 Å². The van der Waals surface area contributed by atoms with Gasteiger partial charge in [0.2, 0.25) is 5.91 Å². The SMILES string of the molecule is CC[C@H]1CCC[C@]1(O)c1ccccc1.CC[C@H]1O[C@@H](n2ccc(NC(=O)C(C)C)nc2=O)CC1OP1O[C@]2(c3ccccc3)CCC[C@@H]2N1C.S.S.S.S. The molecule has 0 spiro atoms. The third-order valence-electron chi connectivity index (χ3n) is 11.1. The molecule has 302 valence electrons. The summed E-state index contributed by atoms with van der Waals surface area (Å²) in [4.78, 5) is 28.7. The number of aromatic nitrogens is 2. The predicted octanol–water partition coefficient (Wildman–Crippen LogP) is 8.09. The number of carbonyl (C=O) groups excluding carboxylic acids is 1. The van der Waals surface area contributed by atoms with E-state index in [1.165, 1.54) is 16.6 Å². The standard InChI is InChI=1S/C26H35N4O5P.C13H18O.4H2S/c1-5-19-20(16-23(33-19)30-15-13-22(28-25(30)32)27-24(31)17(2)3)34-36-29(4)21-12-9-14-26(21,35-36)18-10-7-6-8-11-18;1-2-11-9-6-10-13(11,14)12-7-4-3-5-8-12;;;;/h6-8,10-11,13,15,17,19-21,23H,5,9,12,14,16H2,1-4H3,(H,27,28,31,32);3-5,7-8,11,14H,2,6,9-10H2,1H3;4*1H2/t19-,20?,21+,23-,26+,36?;11-,13+;;;;/m10..../s1. The van der Waals surface area contributed by atoms with Gasteiger partial charge >= 0.3 is 5.69 Å². The van der Waals surface area contributed by atoms with E-state index in [9.17, 15) is 14.7 Å². The van der Waals surface area contributed by atoms with Crippen LogP contribution in [-0.2, 0) is 29.8 Å². The Bertz CT molecular complexity index is 1660. The van der Waals surface area contributed by atoms with Crippen molar-refractivity contribution in [3.63, 3.8) is 0 Å². The summed E-state index contributed by atoms with van der Waals surface area (Å²) in [6.45, 7) is 7.80. The second-order valence-electron chi connectivity index (χ2n) is 14.4. The van der Waals surface area contributed by atoms with Crippen LogP contribution in [0.4, 0.5) is 5.82 Å². The van der Waals surface area contributed by atoms with E-state index in [1.807, 2.05) is 36.4 Å². The first-order chi connectivity index (χ1) is 24.1. The lowest BCUT2D eigenvalue weighted by molar-refractivity contribution is -0.118. The van der Waals surface area contributed by atoms with Crippen molar-refractivity contribution in [3.05, 3.63) is 94.5 Å². The van der Waals surface area contributed by atoms with Crippen molar-refractivity contribution < 1.29 is 23.7 Å². The van der Waals surface area contributed by atoms with Crippen molar-refractivity contribution in [2.75, 3.05) is 12.4 Å². The number of hydrogen-bond donors (Lipinski definition) is 2. The Labute approximate surface area is 350 Å². The zero-order chi connectivity index (χ0) is 35.5. The first-order valence-corrected chi connectivity index (χ1v) is 19.5. The maximum Gasteiger partial charge on any atom is 0.351 e. The number of benzene rings is 2. The normalized spacial score (nSPS) is 29.8. The van der Waals surface area contributed by atoms with Crippen LogP contribution in [0, 0.1) is 11.8 Å². The number of likely N-dealkylation sites (N-methyl/N-ethyl adjacent to an activating group) is 1. The Kier molecular flexibility index (Phi) is 19.1. The molecule has 3 heterocycles. The molecule has 2 saturated carbocycles. The highest BCUT2D eigenvalue weighted by Gasteiger charge is 2.58. The van der Waals surface area contributed by atoms with Crippen LogP contribution in [0.25, 0.3) is 0 Å². The van der Waals surface area contributed by atoms with Gasteiger partial charge in [0.1, 0.15) is 17.6 Å². The minimum Gasteiger partial charge on any atom is -0.385 e. The van der Waals surface area contributed by atoms with E-state index in [0.717, 1.165) is 50.5 Å². The highest BCUT2D eigenvalue weighted by Crippen LogP contribution is 2.65. The molecule has 4 fully saturated rings. The molecular formula is C39H61N4O6PS4. The molecule has 3 aromatic rings. The molecule has 4 aliphatic rings. The average molecular weight is 841 g/mol. The summed E-state index contributed by atoms with van der Waals surface area (Å²) in [5.41, 5.74) is 0.969. The van der Waals surface area contributed by atoms with Gasteiger partial charge in [-0.1, -0.05) is 94.8 Å². The van der Waals surface area contributed by atoms with Gasteiger partial charge < -0.3 is 24.2 Å². The second-order valence-corrected chi connectivity index (χ2v) is 15.9. The van der Waals surface area contributed by atoms with Gasteiger partial charge in [0.15, 0.2) is 0 Å². The van der Waals surface area contributed by atoms with E-state index in [4.69, 9.17) is 13.8 Å². The number of amides is 1. The lowest BCUT2D eigenvalue weighted by Gasteiger charge is -2.30. The van der Waals surface area contributed by atoms with Crippen LogP contribution >= 0.6 is 62.5 Å². The third-order valence-corrected chi connectivity index (χ3v) is 12.8. The number of ether oxygens (including phenoxy) is 1. The molecule has 10 nitrogen and oxygen atoms in total. The third kappa shape index (κ3) is 10.1. The largest absolute Gasteiger partial charge is 0.385 e. The quantitative estimate of drug-likeness (QED) is 0.208. The lowest BCUT2D eigenvalue weighted by atomic mass is 9.82. The van der Waals surface area contributed by atoms with Crippen LogP contribution in [0.3, 0.4) is 0 Å². The molecule has 2 unspecified atom stereocenters. The first kappa shape index (κ1) is 48.6. The lowest BCUT2D eigenvalue weighted by Crippen LogP contribution is -2.36. The van der Waals surface area contributed by atoms with Gasteiger partial charge in [-0.3, -0.25) is 9.36 Å². The summed E-state index contributed by atoms with van der Waals surface area (Å²) in [5, 5.41) is 13.3. The fourth-order valence-corrected chi connectivity index (χ4v) is 10.1. The molecule has 15 heteroatoms. The van der Waals surface area contributed by atoms with E-state index in [2.05, 4.69) is 60.1 Å². The number of nitrogens with one attached hydrogen (secondary N) is 1. The summed E-state index contributed by atoms with van der Waals surface area (Å²) < 4.78 is 23.4. The number of carbonyl (C=O) groups is 1. The van der Waals surface area contributed by atoms with Crippen LogP contribution in [0.15, 0.2) is 77.7 Å².